The number of benzene rings is 4. The summed E-state index contributed by atoms with van der Waals surface area (Å²) in [7, 11) is -0.904. The molecule has 0 saturated carbocycles. The molecular weight excluding hydrogens is 585 g/mol. The third kappa shape index (κ3) is 4.57. The van der Waals surface area contributed by atoms with E-state index in [0.717, 1.165) is 38.8 Å². The van der Waals surface area contributed by atoms with Crippen molar-refractivity contribution in [1.29, 1.82) is 0 Å². The van der Waals surface area contributed by atoms with Gasteiger partial charge in [-0.2, -0.15) is 0 Å². The van der Waals surface area contributed by atoms with Crippen molar-refractivity contribution >= 4 is 53.6 Å². The Bertz CT molecular complexity index is 2250. The molecule has 4 aromatic carbocycles. The van der Waals surface area contributed by atoms with E-state index in [0.29, 0.717) is 11.9 Å². The Balaban J connectivity index is 1.27. The molecule has 6 nitrogen and oxygen atoms in total. The highest BCUT2D eigenvalue weighted by molar-refractivity contribution is 8.32. The Morgan fingerprint density at radius 2 is 0.913 bits per heavy atom. The van der Waals surface area contributed by atoms with Crippen molar-refractivity contribution in [1.82, 2.24) is 29.1 Å². The van der Waals surface area contributed by atoms with Gasteiger partial charge in [0.2, 0.25) is 11.9 Å². The van der Waals surface area contributed by atoms with Crippen LogP contribution in [0.3, 0.4) is 0 Å². The number of para-hydroxylation sites is 2. The minimum absolute atomic E-state index is 0.00753. The highest BCUT2D eigenvalue weighted by Crippen LogP contribution is 2.44. The lowest BCUT2D eigenvalue weighted by Crippen LogP contribution is -2.13. The van der Waals surface area contributed by atoms with Gasteiger partial charge in [0.1, 0.15) is 0 Å². The van der Waals surface area contributed by atoms with Crippen LogP contribution in [0.1, 0.15) is 26.3 Å². The second-order valence-electron chi connectivity index (χ2n) is 13.7. The van der Waals surface area contributed by atoms with E-state index in [1.165, 1.54) is 26.4 Å². The van der Waals surface area contributed by atoms with Crippen LogP contribution in [0.5, 0.6) is 0 Å². The second kappa shape index (κ2) is 10.3. The molecule has 8 aromatic rings. The van der Waals surface area contributed by atoms with Crippen LogP contribution in [0.4, 0.5) is 0 Å². The van der Waals surface area contributed by atoms with E-state index in [2.05, 4.69) is 134 Å². The van der Waals surface area contributed by atoms with Crippen molar-refractivity contribution in [3.8, 4) is 23.0 Å². The molecule has 4 aromatic heterocycles. The maximum atomic E-state index is 4.84. The first kappa shape index (κ1) is 28.5. The molecule has 0 saturated heterocycles. The molecule has 0 aliphatic rings. The number of aromatic nitrogens is 6. The van der Waals surface area contributed by atoms with Crippen LogP contribution in [0.15, 0.2) is 115 Å². The summed E-state index contributed by atoms with van der Waals surface area (Å²) in [6.45, 7) is 6.55. The van der Waals surface area contributed by atoms with Crippen molar-refractivity contribution in [2.24, 2.45) is 0 Å². The quantitative estimate of drug-likeness (QED) is 0.197. The lowest BCUT2D eigenvalue weighted by molar-refractivity contribution is 0.583. The van der Waals surface area contributed by atoms with Gasteiger partial charge in [0.05, 0.1) is 22.1 Å². The van der Waals surface area contributed by atoms with Gasteiger partial charge in [-0.15, -0.1) is 0 Å². The van der Waals surface area contributed by atoms with Crippen LogP contribution in [0.25, 0.3) is 66.6 Å². The van der Waals surface area contributed by atoms with Gasteiger partial charge in [0.15, 0.2) is 0 Å². The fourth-order valence-electron chi connectivity index (χ4n) is 6.30. The highest BCUT2D eigenvalue weighted by atomic mass is 32.3. The van der Waals surface area contributed by atoms with E-state index in [-0.39, 0.29) is 5.41 Å². The zero-order chi connectivity index (χ0) is 31.8. The molecule has 0 unspecified atom stereocenters. The molecule has 0 aliphatic heterocycles. The van der Waals surface area contributed by atoms with Gasteiger partial charge in [0.25, 0.3) is 0 Å². The normalized spacial score (nSPS) is 12.9. The molecule has 7 heteroatoms. The van der Waals surface area contributed by atoms with Crippen LogP contribution in [-0.4, -0.2) is 47.8 Å². The maximum absolute atomic E-state index is 4.84. The summed E-state index contributed by atoms with van der Waals surface area (Å²) >= 11 is 0. The molecule has 4 heterocycles. The van der Waals surface area contributed by atoms with Crippen LogP contribution in [-0.2, 0) is 5.41 Å². The van der Waals surface area contributed by atoms with E-state index >= 15 is 0 Å². The summed E-state index contributed by atoms with van der Waals surface area (Å²) in [4.78, 5) is 20.5. The molecule has 228 valence electrons. The standard InChI is InChI=1S/C39H36N6S/c1-39(2,3)27-21-40-37(41-22-27)44-33-13-9-7-11-29(33)31-19-25(15-17-35(31)44)26-16-18-36-32(20-26)30-12-8-10-14-34(30)45(36)38-42-23-28(24-43-38)46(4,5)6/h7-24H,1-6H3. The zero-order valence-corrected chi connectivity index (χ0v) is 27.8. The summed E-state index contributed by atoms with van der Waals surface area (Å²) in [5.41, 5.74) is 7.80. The van der Waals surface area contributed by atoms with Crippen molar-refractivity contribution < 1.29 is 0 Å². The fourth-order valence-corrected chi connectivity index (χ4v) is 7.04. The Kier molecular flexibility index (Phi) is 6.35. The summed E-state index contributed by atoms with van der Waals surface area (Å²) in [6.07, 6.45) is 14.7. The minimum Gasteiger partial charge on any atom is -0.278 e. The number of hydrogen-bond acceptors (Lipinski definition) is 4. The van der Waals surface area contributed by atoms with Gasteiger partial charge in [-0.1, -0.05) is 69.3 Å². The monoisotopic (exact) mass is 620 g/mol. The third-order valence-electron chi connectivity index (χ3n) is 8.90. The first-order valence-corrected chi connectivity index (χ1v) is 18.3. The van der Waals surface area contributed by atoms with Gasteiger partial charge in [0, 0.05) is 51.2 Å². The van der Waals surface area contributed by atoms with Crippen molar-refractivity contribution in [2.45, 2.75) is 31.1 Å². The van der Waals surface area contributed by atoms with Crippen LogP contribution in [0, 0.1) is 0 Å². The van der Waals surface area contributed by atoms with Gasteiger partial charge < -0.3 is 0 Å². The number of hydrogen-bond donors (Lipinski definition) is 0. The Morgan fingerprint density at radius 1 is 0.500 bits per heavy atom. The average molecular weight is 621 g/mol. The SMILES string of the molecule is CC(C)(C)c1cnc(-n2c3ccccc3c3cc(-c4ccc5c(c4)c4ccccc4n5-c4ncc(S(C)(C)C)cn4)ccc32)nc1. The van der Waals surface area contributed by atoms with Gasteiger partial charge in [-0.05, 0) is 77.3 Å². The summed E-state index contributed by atoms with van der Waals surface area (Å²) in [5.74, 6) is 1.37. The molecule has 0 bridgehead atoms. The molecule has 46 heavy (non-hydrogen) atoms. The summed E-state index contributed by atoms with van der Waals surface area (Å²) in [5, 5.41) is 4.71. The van der Waals surface area contributed by atoms with E-state index in [1.54, 1.807) is 0 Å². The first-order valence-electron chi connectivity index (χ1n) is 15.5. The molecule has 0 N–H and O–H groups in total. The average Bonchev–Trinajstić information content (AvgIpc) is 3.56. The lowest BCUT2D eigenvalue weighted by Gasteiger charge is -2.24. The molecular formula is C39H36N6S. The largest absolute Gasteiger partial charge is 0.278 e. The Hall–Kier alpha value is -5.01. The van der Waals surface area contributed by atoms with Crippen LogP contribution in [0.2, 0.25) is 0 Å². The number of rotatable bonds is 4. The van der Waals surface area contributed by atoms with Gasteiger partial charge in [-0.25, -0.2) is 30.0 Å². The fraction of sp³-hybridized carbons (Fsp3) is 0.179. The topological polar surface area (TPSA) is 61.4 Å². The van der Waals surface area contributed by atoms with Crippen LogP contribution >= 0.6 is 10.0 Å². The first-order chi connectivity index (χ1) is 22.1. The van der Waals surface area contributed by atoms with Gasteiger partial charge >= 0.3 is 0 Å². The number of fused-ring (bicyclic) bond motifs is 6. The molecule has 0 spiro atoms. The van der Waals surface area contributed by atoms with Crippen molar-refractivity contribution in [3.63, 3.8) is 0 Å². The highest BCUT2D eigenvalue weighted by Gasteiger charge is 2.19. The van der Waals surface area contributed by atoms with E-state index in [1.807, 2.05) is 24.8 Å². The summed E-state index contributed by atoms with van der Waals surface area (Å²) in [6, 6.07) is 30.4. The minimum atomic E-state index is -0.904. The smallest absolute Gasteiger partial charge is 0.234 e. The molecule has 0 amide bonds. The molecule has 0 radical (unpaired) electrons. The maximum Gasteiger partial charge on any atom is 0.234 e. The van der Waals surface area contributed by atoms with E-state index < -0.39 is 10.0 Å². The van der Waals surface area contributed by atoms with E-state index in [4.69, 9.17) is 19.9 Å². The molecule has 8 rings (SSSR count). The molecule has 0 fully saturated rings. The predicted molar refractivity (Wildman–Crippen MR) is 194 cm³/mol. The lowest BCUT2D eigenvalue weighted by atomic mass is 9.89. The Morgan fingerprint density at radius 3 is 1.35 bits per heavy atom. The summed E-state index contributed by atoms with van der Waals surface area (Å²) < 4.78 is 4.35. The number of nitrogens with zero attached hydrogens (tertiary/aromatic N) is 6. The molecule has 0 atom stereocenters. The Labute approximate surface area is 270 Å². The van der Waals surface area contributed by atoms with E-state index in [9.17, 15) is 0 Å². The third-order valence-corrected chi connectivity index (χ3v) is 10.5. The molecule has 0 aliphatic carbocycles. The zero-order valence-electron chi connectivity index (χ0n) is 27.0. The van der Waals surface area contributed by atoms with Crippen LogP contribution < -0.4 is 0 Å². The van der Waals surface area contributed by atoms with Gasteiger partial charge in [-0.3, -0.25) is 9.13 Å². The van der Waals surface area contributed by atoms with Crippen molar-refractivity contribution in [2.75, 3.05) is 18.8 Å². The second-order valence-corrected chi connectivity index (χ2v) is 17.9. The van der Waals surface area contributed by atoms with Crippen molar-refractivity contribution in [3.05, 3.63) is 115 Å². The predicted octanol–water partition coefficient (Wildman–Crippen LogP) is 9.48.